The molecule has 0 heterocycles. The highest BCUT2D eigenvalue weighted by Crippen LogP contribution is 2.10. The highest BCUT2D eigenvalue weighted by molar-refractivity contribution is 6.18. The lowest BCUT2D eigenvalue weighted by atomic mass is 10.1. The second kappa shape index (κ2) is 19.8. The Morgan fingerprint density at radius 3 is 1.96 bits per heavy atom. The predicted molar refractivity (Wildman–Crippen MR) is 107 cm³/mol. The molecule has 0 radical (unpaired) electrons. The minimum Gasteiger partial charge on any atom is -0.459 e. The van der Waals surface area contributed by atoms with Crippen LogP contribution in [-0.2, 0) is 9.53 Å². The number of aliphatic hydroxyl groups is 1. The van der Waals surface area contributed by atoms with Crippen molar-refractivity contribution in [2.75, 3.05) is 12.5 Å². The van der Waals surface area contributed by atoms with Gasteiger partial charge in [-0.2, -0.15) is 0 Å². The van der Waals surface area contributed by atoms with E-state index in [1.54, 1.807) is 0 Å². The molecule has 0 rings (SSSR count). The molecular weight excluding hydrogens is 336 g/mol. The molecule has 0 saturated heterocycles. The average molecular weight is 375 g/mol. The summed E-state index contributed by atoms with van der Waals surface area (Å²) in [5.74, 6) is -0.105. The minimum atomic E-state index is -0.558. The molecule has 0 aliphatic heterocycles. The minimum absolute atomic E-state index is 0.147. The van der Waals surface area contributed by atoms with Crippen LogP contribution in [0.4, 0.5) is 0 Å². The van der Waals surface area contributed by atoms with Crippen LogP contribution in [-0.4, -0.2) is 29.7 Å². The second-order valence-electron chi connectivity index (χ2n) is 6.78. The van der Waals surface area contributed by atoms with Gasteiger partial charge in [-0.05, 0) is 32.1 Å². The molecular formula is C21H39ClO3. The molecule has 1 atom stereocenters. The van der Waals surface area contributed by atoms with Gasteiger partial charge in [-0.25, -0.2) is 0 Å². The number of hydrogen-bond acceptors (Lipinski definition) is 3. The Morgan fingerprint density at radius 2 is 1.44 bits per heavy atom. The van der Waals surface area contributed by atoms with Crippen molar-refractivity contribution >= 4 is 17.6 Å². The molecule has 0 aliphatic rings. The van der Waals surface area contributed by atoms with E-state index >= 15 is 0 Å². The lowest BCUT2D eigenvalue weighted by Crippen LogP contribution is -2.23. The Bertz CT molecular complexity index is 314. The fourth-order valence-electron chi connectivity index (χ4n) is 2.70. The molecule has 3 nitrogen and oxygen atoms in total. The molecule has 25 heavy (non-hydrogen) atoms. The highest BCUT2D eigenvalue weighted by Gasteiger charge is 2.11. The molecule has 0 aliphatic carbocycles. The van der Waals surface area contributed by atoms with Gasteiger partial charge in [0.1, 0.15) is 6.10 Å². The number of rotatable bonds is 18. The van der Waals surface area contributed by atoms with E-state index in [4.69, 9.17) is 21.4 Å². The smallest absolute Gasteiger partial charge is 0.306 e. The summed E-state index contributed by atoms with van der Waals surface area (Å²) in [4.78, 5) is 11.5. The van der Waals surface area contributed by atoms with Crippen molar-refractivity contribution < 1.29 is 14.6 Å². The number of hydrogen-bond donors (Lipinski definition) is 1. The summed E-state index contributed by atoms with van der Waals surface area (Å²) in [7, 11) is 0. The topological polar surface area (TPSA) is 46.5 Å². The first-order valence-electron chi connectivity index (χ1n) is 10.3. The quantitative estimate of drug-likeness (QED) is 0.135. The first-order valence-corrected chi connectivity index (χ1v) is 10.8. The fourth-order valence-corrected chi connectivity index (χ4v) is 2.86. The van der Waals surface area contributed by atoms with Crippen LogP contribution in [0.15, 0.2) is 12.2 Å². The number of ether oxygens (including phenoxy) is 1. The maximum atomic E-state index is 11.5. The zero-order valence-corrected chi connectivity index (χ0v) is 16.9. The zero-order chi connectivity index (χ0) is 18.6. The first-order chi connectivity index (χ1) is 12.2. The normalized spacial score (nSPS) is 12.6. The van der Waals surface area contributed by atoms with Crippen LogP contribution in [0.2, 0.25) is 0 Å². The van der Waals surface area contributed by atoms with Gasteiger partial charge in [0.15, 0.2) is 0 Å². The van der Waals surface area contributed by atoms with Crippen LogP contribution in [0.1, 0.15) is 96.8 Å². The molecule has 0 aromatic rings. The van der Waals surface area contributed by atoms with Crippen molar-refractivity contribution in [3.8, 4) is 0 Å². The first kappa shape index (κ1) is 24.5. The largest absolute Gasteiger partial charge is 0.459 e. The Balaban J connectivity index is 3.28. The maximum Gasteiger partial charge on any atom is 0.306 e. The van der Waals surface area contributed by atoms with Crippen LogP contribution < -0.4 is 0 Å². The van der Waals surface area contributed by atoms with Gasteiger partial charge in [-0.3, -0.25) is 4.79 Å². The van der Waals surface area contributed by atoms with E-state index in [1.165, 1.54) is 64.2 Å². The van der Waals surface area contributed by atoms with E-state index in [0.29, 0.717) is 6.42 Å². The van der Waals surface area contributed by atoms with Crippen molar-refractivity contribution in [3.63, 3.8) is 0 Å². The molecule has 0 saturated carbocycles. The summed E-state index contributed by atoms with van der Waals surface area (Å²) in [5.41, 5.74) is 0. The summed E-state index contributed by atoms with van der Waals surface area (Å²) in [6, 6.07) is 0. The van der Waals surface area contributed by atoms with Gasteiger partial charge in [-0.15, -0.1) is 11.6 Å². The van der Waals surface area contributed by atoms with Crippen molar-refractivity contribution in [3.05, 3.63) is 12.2 Å². The van der Waals surface area contributed by atoms with E-state index in [0.717, 1.165) is 19.3 Å². The molecule has 0 amide bonds. The van der Waals surface area contributed by atoms with Crippen LogP contribution in [0.3, 0.4) is 0 Å². The number of esters is 1. The highest BCUT2D eigenvalue weighted by atomic mass is 35.5. The third-order valence-electron chi connectivity index (χ3n) is 4.32. The number of halogens is 1. The van der Waals surface area contributed by atoms with Crippen LogP contribution in [0.5, 0.6) is 0 Å². The SMILES string of the molecule is CCCCCCCC/C=C/CCCCCCCC(=O)OC(CO)CCl. The van der Waals surface area contributed by atoms with Crippen molar-refractivity contribution in [2.45, 2.75) is 103 Å². The molecule has 0 spiro atoms. The predicted octanol–water partition coefficient (Wildman–Crippen LogP) is 6.17. The van der Waals surface area contributed by atoms with E-state index < -0.39 is 6.10 Å². The molecule has 148 valence electrons. The maximum absolute atomic E-state index is 11.5. The van der Waals surface area contributed by atoms with Crippen LogP contribution >= 0.6 is 11.6 Å². The third kappa shape index (κ3) is 18.1. The lowest BCUT2D eigenvalue weighted by Gasteiger charge is -2.12. The Labute approximate surface area is 160 Å². The molecule has 4 heteroatoms. The number of alkyl halides is 1. The molecule has 1 N–H and O–H groups in total. The van der Waals surface area contributed by atoms with E-state index in [2.05, 4.69) is 19.1 Å². The third-order valence-corrected chi connectivity index (χ3v) is 4.66. The average Bonchev–Trinajstić information content (AvgIpc) is 2.62. The molecule has 0 fully saturated rings. The number of allylic oxidation sites excluding steroid dienone is 2. The van der Waals surface area contributed by atoms with E-state index in [-0.39, 0.29) is 18.5 Å². The van der Waals surface area contributed by atoms with Gasteiger partial charge in [0.25, 0.3) is 0 Å². The summed E-state index contributed by atoms with van der Waals surface area (Å²) in [6.07, 6.45) is 20.6. The van der Waals surface area contributed by atoms with Crippen molar-refractivity contribution in [1.29, 1.82) is 0 Å². The van der Waals surface area contributed by atoms with Gasteiger partial charge >= 0.3 is 5.97 Å². The Kier molecular flexibility index (Phi) is 19.4. The van der Waals surface area contributed by atoms with Gasteiger partial charge in [-0.1, -0.05) is 70.4 Å². The van der Waals surface area contributed by atoms with Gasteiger partial charge in [0.05, 0.1) is 12.5 Å². The van der Waals surface area contributed by atoms with Crippen LogP contribution in [0, 0.1) is 0 Å². The summed E-state index contributed by atoms with van der Waals surface area (Å²) in [5, 5.41) is 8.91. The van der Waals surface area contributed by atoms with Gasteiger partial charge in [0.2, 0.25) is 0 Å². The summed E-state index contributed by atoms with van der Waals surface area (Å²) >= 11 is 5.57. The van der Waals surface area contributed by atoms with Crippen LogP contribution in [0.25, 0.3) is 0 Å². The van der Waals surface area contributed by atoms with Gasteiger partial charge in [0, 0.05) is 6.42 Å². The van der Waals surface area contributed by atoms with E-state index in [1.807, 2.05) is 0 Å². The monoisotopic (exact) mass is 374 g/mol. The van der Waals surface area contributed by atoms with Crippen molar-refractivity contribution in [1.82, 2.24) is 0 Å². The Morgan fingerprint density at radius 1 is 0.920 bits per heavy atom. The molecule has 0 aromatic heterocycles. The number of carbonyl (C=O) groups excluding carboxylic acids is 1. The summed E-state index contributed by atoms with van der Waals surface area (Å²) in [6.45, 7) is 2.05. The molecule has 1 unspecified atom stereocenters. The van der Waals surface area contributed by atoms with Gasteiger partial charge < -0.3 is 9.84 Å². The number of unbranched alkanes of at least 4 members (excludes halogenated alkanes) is 11. The lowest BCUT2D eigenvalue weighted by molar-refractivity contribution is -0.149. The molecule has 0 aromatic carbocycles. The second-order valence-corrected chi connectivity index (χ2v) is 7.09. The zero-order valence-electron chi connectivity index (χ0n) is 16.2. The van der Waals surface area contributed by atoms with E-state index in [9.17, 15) is 4.79 Å². The Hall–Kier alpha value is -0.540. The van der Waals surface area contributed by atoms with Crippen molar-refractivity contribution in [2.24, 2.45) is 0 Å². The number of aliphatic hydroxyl groups excluding tert-OH is 1. The fraction of sp³-hybridized carbons (Fsp3) is 0.857. The molecule has 0 bridgehead atoms. The number of carbonyl (C=O) groups is 1. The summed E-state index contributed by atoms with van der Waals surface area (Å²) < 4.78 is 5.04. The standard InChI is InChI=1S/C21H39ClO3/c1-2-3-4-5-6-7-8-9-10-11-12-13-14-15-16-17-21(24)25-20(18-22)19-23/h9-10,20,23H,2-8,11-19H2,1H3/b10-9+.